The van der Waals surface area contributed by atoms with Gasteiger partial charge in [-0.25, -0.2) is 0 Å². The Hall–Kier alpha value is -1.58. The van der Waals surface area contributed by atoms with E-state index in [0.717, 1.165) is 21.6 Å². The summed E-state index contributed by atoms with van der Waals surface area (Å²) in [6.45, 7) is 4.45. The van der Waals surface area contributed by atoms with E-state index < -0.39 is 0 Å². The zero-order chi connectivity index (χ0) is 14.8. The molecule has 0 aliphatic carbocycles. The van der Waals surface area contributed by atoms with Crippen molar-refractivity contribution in [1.82, 2.24) is 4.98 Å². The van der Waals surface area contributed by atoms with E-state index in [2.05, 4.69) is 41.7 Å². The molecular weight excluding hydrogens is 300 g/mol. The zero-order valence-corrected chi connectivity index (χ0v) is 13.6. The molecule has 2 heterocycles. The number of aromatic nitrogens is 1. The van der Waals surface area contributed by atoms with Crippen LogP contribution in [0.15, 0.2) is 48.0 Å². The normalized spacial score (nSPS) is 12.8. The maximum absolute atomic E-state index is 6.26. The van der Waals surface area contributed by atoms with Crippen LogP contribution in [0.4, 0.5) is 5.69 Å². The van der Waals surface area contributed by atoms with Gasteiger partial charge in [0.05, 0.1) is 22.3 Å². The van der Waals surface area contributed by atoms with Crippen molar-refractivity contribution in [3.63, 3.8) is 0 Å². The number of hydrogen-bond donors (Lipinski definition) is 1. The van der Waals surface area contributed by atoms with Crippen LogP contribution in [0.1, 0.15) is 24.8 Å². The van der Waals surface area contributed by atoms with Crippen LogP contribution in [-0.4, -0.2) is 4.98 Å². The molecule has 1 N–H and O–H groups in total. The van der Waals surface area contributed by atoms with E-state index in [1.807, 2.05) is 24.3 Å². The van der Waals surface area contributed by atoms with Gasteiger partial charge in [-0.15, -0.1) is 11.3 Å². The summed E-state index contributed by atoms with van der Waals surface area (Å²) < 4.78 is 0. The number of nitrogens with zero attached hydrogens (tertiary/aromatic N) is 1. The Morgan fingerprint density at radius 2 is 2.00 bits per heavy atom. The van der Waals surface area contributed by atoms with Crippen molar-refractivity contribution in [3.05, 3.63) is 57.9 Å². The second-order valence-corrected chi connectivity index (χ2v) is 6.76. The van der Waals surface area contributed by atoms with E-state index in [4.69, 9.17) is 11.6 Å². The molecule has 0 aliphatic rings. The molecule has 0 saturated heterocycles. The lowest BCUT2D eigenvalue weighted by atomic mass is 10.0. The van der Waals surface area contributed by atoms with Crippen molar-refractivity contribution >= 4 is 39.5 Å². The third-order valence-electron chi connectivity index (χ3n) is 3.54. The molecule has 0 spiro atoms. The van der Waals surface area contributed by atoms with Gasteiger partial charge in [0, 0.05) is 16.5 Å². The van der Waals surface area contributed by atoms with Crippen LogP contribution < -0.4 is 5.32 Å². The van der Waals surface area contributed by atoms with Crippen LogP contribution in [0.25, 0.3) is 10.9 Å². The minimum absolute atomic E-state index is 0.274. The number of halogens is 1. The predicted octanol–water partition coefficient (Wildman–Crippen LogP) is 5.76. The van der Waals surface area contributed by atoms with Crippen LogP contribution in [0, 0.1) is 5.92 Å². The first-order valence-corrected chi connectivity index (χ1v) is 8.25. The van der Waals surface area contributed by atoms with Gasteiger partial charge in [0.1, 0.15) is 0 Å². The molecule has 1 atom stereocenters. The maximum Gasteiger partial charge on any atom is 0.0948 e. The molecule has 0 bridgehead atoms. The third kappa shape index (κ3) is 2.89. The maximum atomic E-state index is 6.26. The lowest BCUT2D eigenvalue weighted by molar-refractivity contribution is 0.554. The molecule has 1 aromatic carbocycles. The second kappa shape index (κ2) is 6.04. The summed E-state index contributed by atoms with van der Waals surface area (Å²) in [6.07, 6.45) is 1.80. The first kappa shape index (κ1) is 14.4. The summed E-state index contributed by atoms with van der Waals surface area (Å²) in [5.74, 6) is 0.484. The highest BCUT2D eigenvalue weighted by atomic mass is 35.5. The molecule has 0 fully saturated rings. The molecule has 1 unspecified atom stereocenters. The van der Waals surface area contributed by atoms with E-state index in [1.165, 1.54) is 4.88 Å². The van der Waals surface area contributed by atoms with Gasteiger partial charge in [-0.2, -0.15) is 0 Å². The molecule has 3 aromatic rings. The fraction of sp³-hybridized carbons (Fsp3) is 0.235. The Balaban J connectivity index is 2.03. The SMILES string of the molecule is CC(C)C(Nc1ccc(Cl)c2cccnc12)c1cccs1. The summed E-state index contributed by atoms with van der Waals surface area (Å²) in [4.78, 5) is 5.83. The number of benzene rings is 1. The first-order valence-electron chi connectivity index (χ1n) is 7.00. The highest BCUT2D eigenvalue weighted by Gasteiger charge is 2.18. The van der Waals surface area contributed by atoms with Crippen molar-refractivity contribution in [2.75, 3.05) is 5.32 Å². The average molecular weight is 317 g/mol. The van der Waals surface area contributed by atoms with E-state index in [-0.39, 0.29) is 6.04 Å². The Labute approximate surface area is 133 Å². The molecule has 21 heavy (non-hydrogen) atoms. The van der Waals surface area contributed by atoms with E-state index in [0.29, 0.717) is 5.92 Å². The highest BCUT2D eigenvalue weighted by molar-refractivity contribution is 7.10. The van der Waals surface area contributed by atoms with Gasteiger partial charge in [0.25, 0.3) is 0 Å². The van der Waals surface area contributed by atoms with E-state index >= 15 is 0 Å². The number of pyridine rings is 1. The quantitative estimate of drug-likeness (QED) is 0.662. The molecule has 0 aliphatic heterocycles. The number of anilines is 1. The van der Waals surface area contributed by atoms with Crippen LogP contribution >= 0.6 is 22.9 Å². The number of hydrogen-bond acceptors (Lipinski definition) is 3. The monoisotopic (exact) mass is 316 g/mol. The molecule has 3 rings (SSSR count). The third-order valence-corrected chi connectivity index (χ3v) is 4.83. The molecule has 2 nitrogen and oxygen atoms in total. The largest absolute Gasteiger partial charge is 0.375 e. The number of fused-ring (bicyclic) bond motifs is 1. The van der Waals surface area contributed by atoms with Crippen LogP contribution in [0.2, 0.25) is 5.02 Å². The van der Waals surface area contributed by atoms with Crippen LogP contribution in [-0.2, 0) is 0 Å². The summed E-state index contributed by atoms with van der Waals surface area (Å²) >= 11 is 8.04. The summed E-state index contributed by atoms with van der Waals surface area (Å²) in [5.41, 5.74) is 1.95. The van der Waals surface area contributed by atoms with Crippen LogP contribution in [0.3, 0.4) is 0 Å². The number of nitrogens with one attached hydrogen (secondary N) is 1. The van der Waals surface area contributed by atoms with Crippen molar-refractivity contribution in [1.29, 1.82) is 0 Å². The molecule has 2 aromatic heterocycles. The van der Waals surface area contributed by atoms with Gasteiger partial charge in [-0.1, -0.05) is 31.5 Å². The van der Waals surface area contributed by atoms with Crippen molar-refractivity contribution < 1.29 is 0 Å². The lowest BCUT2D eigenvalue weighted by Crippen LogP contribution is -2.16. The lowest BCUT2D eigenvalue weighted by Gasteiger charge is -2.23. The minimum atomic E-state index is 0.274. The predicted molar refractivity (Wildman–Crippen MR) is 92.3 cm³/mol. The molecule has 0 radical (unpaired) electrons. The summed E-state index contributed by atoms with van der Waals surface area (Å²) in [7, 11) is 0. The Kier molecular flexibility index (Phi) is 4.13. The van der Waals surface area contributed by atoms with Gasteiger partial charge in [-0.3, -0.25) is 4.98 Å². The van der Waals surface area contributed by atoms with E-state index in [9.17, 15) is 0 Å². The van der Waals surface area contributed by atoms with Gasteiger partial charge < -0.3 is 5.32 Å². The molecule has 0 amide bonds. The summed E-state index contributed by atoms with van der Waals surface area (Å²) in [5, 5.41) is 7.48. The second-order valence-electron chi connectivity index (χ2n) is 5.38. The minimum Gasteiger partial charge on any atom is -0.375 e. The fourth-order valence-electron chi connectivity index (χ4n) is 2.46. The standard InChI is InChI=1S/C17H17ClN2S/c1-11(2)16(15-6-4-10-21-15)20-14-8-7-13(18)12-5-3-9-19-17(12)14/h3-11,16,20H,1-2H3. The van der Waals surface area contributed by atoms with Crippen molar-refractivity contribution in [2.24, 2.45) is 5.92 Å². The summed E-state index contributed by atoms with van der Waals surface area (Å²) in [6, 6.07) is 12.4. The molecule has 0 saturated carbocycles. The fourth-order valence-corrected chi connectivity index (χ4v) is 3.62. The smallest absolute Gasteiger partial charge is 0.0948 e. The van der Waals surface area contributed by atoms with Gasteiger partial charge in [-0.05, 0) is 41.6 Å². The van der Waals surface area contributed by atoms with Crippen LogP contribution in [0.5, 0.6) is 0 Å². The van der Waals surface area contributed by atoms with Crippen molar-refractivity contribution in [3.8, 4) is 0 Å². The number of rotatable bonds is 4. The van der Waals surface area contributed by atoms with Gasteiger partial charge in [0.2, 0.25) is 0 Å². The van der Waals surface area contributed by atoms with Gasteiger partial charge in [0.15, 0.2) is 0 Å². The number of thiophene rings is 1. The zero-order valence-electron chi connectivity index (χ0n) is 12.0. The first-order chi connectivity index (χ1) is 10.2. The Morgan fingerprint density at radius 1 is 1.14 bits per heavy atom. The molecule has 108 valence electrons. The van der Waals surface area contributed by atoms with E-state index in [1.54, 1.807) is 17.5 Å². The molecule has 4 heteroatoms. The van der Waals surface area contributed by atoms with Gasteiger partial charge >= 0.3 is 0 Å². The average Bonchev–Trinajstić information content (AvgIpc) is 3.00. The Bertz CT molecular complexity index is 738. The Morgan fingerprint density at radius 3 is 2.71 bits per heavy atom. The highest BCUT2D eigenvalue weighted by Crippen LogP contribution is 2.34. The van der Waals surface area contributed by atoms with Crippen molar-refractivity contribution in [2.45, 2.75) is 19.9 Å². The topological polar surface area (TPSA) is 24.9 Å². The molecular formula is C17H17ClN2S.